The van der Waals surface area contributed by atoms with Crippen molar-refractivity contribution in [3.8, 4) is 0 Å². The monoisotopic (exact) mass is 240 g/mol. The molecule has 0 saturated heterocycles. The number of hydrogen-bond acceptors (Lipinski definition) is 2. The molecule has 4 atom stereocenters. The predicted molar refractivity (Wildman–Crippen MR) is 65.9 cm³/mol. The Morgan fingerprint density at radius 2 is 1.88 bits per heavy atom. The molecule has 2 rings (SSSR count). The Labute approximate surface area is 104 Å². The molecule has 2 aliphatic rings. The van der Waals surface area contributed by atoms with Crippen molar-refractivity contribution in [2.24, 2.45) is 11.8 Å². The molecule has 2 fully saturated rings. The minimum absolute atomic E-state index is 0.0310. The summed E-state index contributed by atoms with van der Waals surface area (Å²) in [6.45, 7) is 2.27. The van der Waals surface area contributed by atoms with E-state index in [1.165, 1.54) is 12.8 Å². The molecule has 0 bridgehead atoms. The topological polar surface area (TPSA) is 46.5 Å². The molecule has 0 aromatic rings. The first kappa shape index (κ1) is 12.9. The van der Waals surface area contributed by atoms with Gasteiger partial charge in [0.15, 0.2) is 0 Å². The average Bonchev–Trinajstić information content (AvgIpc) is 2.29. The van der Waals surface area contributed by atoms with Crippen LogP contribution in [-0.2, 0) is 9.53 Å². The highest BCUT2D eigenvalue weighted by Gasteiger charge is 2.34. The number of rotatable bonds is 3. The molecule has 0 heterocycles. The summed E-state index contributed by atoms with van der Waals surface area (Å²) in [5.41, 5.74) is 0. The maximum atomic E-state index is 11.2. The third-order valence-electron chi connectivity index (χ3n) is 4.28. The fourth-order valence-electron chi connectivity index (χ4n) is 3.29. The Bertz CT molecular complexity index is 264. The van der Waals surface area contributed by atoms with Gasteiger partial charge in [-0.3, -0.25) is 4.79 Å². The molecule has 0 radical (unpaired) electrons. The second-order valence-electron chi connectivity index (χ2n) is 5.80. The number of carboxylic acids is 1. The quantitative estimate of drug-likeness (QED) is 0.823. The Morgan fingerprint density at radius 3 is 2.59 bits per heavy atom. The highest BCUT2D eigenvalue weighted by Crippen LogP contribution is 2.32. The van der Waals surface area contributed by atoms with Crippen molar-refractivity contribution in [3.63, 3.8) is 0 Å². The van der Waals surface area contributed by atoms with Crippen LogP contribution < -0.4 is 0 Å². The fourth-order valence-corrected chi connectivity index (χ4v) is 3.29. The standard InChI is InChI=1S/C14H24O3/c1-10-5-4-6-11(9-10)17-13-8-3-2-7-12(13)14(15)16/h10-13H,2-9H2,1H3,(H,15,16). The molecule has 0 aromatic heterocycles. The highest BCUT2D eigenvalue weighted by molar-refractivity contribution is 5.70. The van der Waals surface area contributed by atoms with Gasteiger partial charge in [0, 0.05) is 0 Å². The van der Waals surface area contributed by atoms with E-state index in [1.807, 2.05) is 0 Å². The van der Waals surface area contributed by atoms with Crippen molar-refractivity contribution in [2.45, 2.75) is 70.5 Å². The minimum atomic E-state index is -0.668. The van der Waals surface area contributed by atoms with Crippen LogP contribution in [-0.4, -0.2) is 23.3 Å². The molecule has 17 heavy (non-hydrogen) atoms. The number of hydrogen-bond donors (Lipinski definition) is 1. The molecule has 2 saturated carbocycles. The Hall–Kier alpha value is -0.570. The first-order chi connectivity index (χ1) is 8.16. The molecule has 0 aromatic carbocycles. The van der Waals surface area contributed by atoms with Crippen LogP contribution in [0.25, 0.3) is 0 Å². The molecule has 0 amide bonds. The van der Waals surface area contributed by atoms with Crippen LogP contribution in [0.3, 0.4) is 0 Å². The van der Waals surface area contributed by atoms with Crippen LogP contribution in [0.4, 0.5) is 0 Å². The van der Waals surface area contributed by atoms with E-state index in [2.05, 4.69) is 6.92 Å². The van der Waals surface area contributed by atoms with Gasteiger partial charge in [-0.2, -0.15) is 0 Å². The summed E-state index contributed by atoms with van der Waals surface area (Å²) in [5.74, 6) is -0.194. The van der Waals surface area contributed by atoms with Crippen molar-refractivity contribution in [2.75, 3.05) is 0 Å². The normalized spacial score (nSPS) is 38.9. The first-order valence-corrected chi connectivity index (χ1v) is 7.05. The molecular weight excluding hydrogens is 216 g/mol. The van der Waals surface area contributed by atoms with Gasteiger partial charge in [0.05, 0.1) is 18.1 Å². The van der Waals surface area contributed by atoms with E-state index >= 15 is 0 Å². The number of aliphatic carboxylic acids is 1. The lowest BCUT2D eigenvalue weighted by Gasteiger charge is -2.35. The lowest BCUT2D eigenvalue weighted by Crippen LogP contribution is -2.37. The molecule has 4 unspecified atom stereocenters. The van der Waals surface area contributed by atoms with Crippen LogP contribution in [0.5, 0.6) is 0 Å². The zero-order valence-electron chi connectivity index (χ0n) is 10.7. The minimum Gasteiger partial charge on any atom is -0.481 e. The van der Waals surface area contributed by atoms with Gasteiger partial charge < -0.3 is 9.84 Å². The lowest BCUT2D eigenvalue weighted by atomic mass is 9.85. The van der Waals surface area contributed by atoms with Gasteiger partial charge in [-0.1, -0.05) is 32.6 Å². The summed E-state index contributed by atoms with van der Waals surface area (Å²) in [4.78, 5) is 11.2. The molecule has 3 heteroatoms. The summed E-state index contributed by atoms with van der Waals surface area (Å²) < 4.78 is 6.10. The Morgan fingerprint density at radius 1 is 1.12 bits per heavy atom. The molecule has 0 aliphatic heterocycles. The summed E-state index contributed by atoms with van der Waals surface area (Å²) in [6.07, 6.45) is 8.93. The van der Waals surface area contributed by atoms with E-state index in [0.717, 1.165) is 44.4 Å². The van der Waals surface area contributed by atoms with E-state index in [4.69, 9.17) is 4.74 Å². The van der Waals surface area contributed by atoms with E-state index in [1.54, 1.807) is 0 Å². The lowest BCUT2D eigenvalue weighted by molar-refractivity contribution is -0.154. The van der Waals surface area contributed by atoms with Crippen LogP contribution in [0, 0.1) is 11.8 Å². The van der Waals surface area contributed by atoms with E-state index in [9.17, 15) is 9.90 Å². The van der Waals surface area contributed by atoms with Gasteiger partial charge >= 0.3 is 5.97 Å². The molecule has 1 N–H and O–H groups in total. The Kier molecular flexibility index (Phi) is 4.43. The van der Waals surface area contributed by atoms with Gasteiger partial charge in [0.2, 0.25) is 0 Å². The Balaban J connectivity index is 1.89. The zero-order valence-corrected chi connectivity index (χ0v) is 10.7. The molecule has 2 aliphatic carbocycles. The van der Waals surface area contributed by atoms with Crippen LogP contribution in [0.1, 0.15) is 58.3 Å². The molecule has 0 spiro atoms. The van der Waals surface area contributed by atoms with Crippen molar-refractivity contribution < 1.29 is 14.6 Å². The van der Waals surface area contributed by atoms with Gasteiger partial charge in [-0.15, -0.1) is 0 Å². The summed E-state index contributed by atoms with van der Waals surface area (Å²) in [6, 6.07) is 0. The van der Waals surface area contributed by atoms with Crippen LogP contribution >= 0.6 is 0 Å². The number of carbonyl (C=O) groups is 1. The predicted octanol–water partition coefficient (Wildman–Crippen LogP) is 3.23. The second-order valence-corrected chi connectivity index (χ2v) is 5.80. The van der Waals surface area contributed by atoms with E-state index in [0.29, 0.717) is 6.10 Å². The van der Waals surface area contributed by atoms with Gasteiger partial charge in [-0.05, 0) is 31.6 Å². The average molecular weight is 240 g/mol. The van der Waals surface area contributed by atoms with Crippen LogP contribution in [0.2, 0.25) is 0 Å². The number of carboxylic acid groups (broad SMARTS) is 1. The van der Waals surface area contributed by atoms with Gasteiger partial charge in [0.1, 0.15) is 0 Å². The van der Waals surface area contributed by atoms with Crippen molar-refractivity contribution in [1.29, 1.82) is 0 Å². The highest BCUT2D eigenvalue weighted by atomic mass is 16.5. The number of ether oxygens (including phenoxy) is 1. The molecular formula is C14H24O3. The maximum Gasteiger partial charge on any atom is 0.309 e. The third kappa shape index (κ3) is 3.44. The maximum absolute atomic E-state index is 11.2. The van der Waals surface area contributed by atoms with Crippen LogP contribution in [0.15, 0.2) is 0 Å². The zero-order chi connectivity index (χ0) is 12.3. The summed E-state index contributed by atoms with van der Waals surface area (Å²) in [5, 5.41) is 9.21. The third-order valence-corrected chi connectivity index (χ3v) is 4.28. The van der Waals surface area contributed by atoms with Crippen molar-refractivity contribution in [1.82, 2.24) is 0 Å². The van der Waals surface area contributed by atoms with E-state index in [-0.39, 0.29) is 12.0 Å². The van der Waals surface area contributed by atoms with Gasteiger partial charge in [0.25, 0.3) is 0 Å². The van der Waals surface area contributed by atoms with Crippen molar-refractivity contribution in [3.05, 3.63) is 0 Å². The largest absolute Gasteiger partial charge is 0.481 e. The van der Waals surface area contributed by atoms with Gasteiger partial charge in [-0.25, -0.2) is 0 Å². The van der Waals surface area contributed by atoms with E-state index < -0.39 is 5.97 Å². The van der Waals surface area contributed by atoms with Crippen molar-refractivity contribution >= 4 is 5.97 Å². The molecule has 3 nitrogen and oxygen atoms in total. The SMILES string of the molecule is CC1CCCC(OC2CCCCC2C(=O)O)C1. The molecule has 98 valence electrons. The second kappa shape index (κ2) is 5.85. The smallest absolute Gasteiger partial charge is 0.309 e. The summed E-state index contributed by atoms with van der Waals surface area (Å²) >= 11 is 0. The fraction of sp³-hybridized carbons (Fsp3) is 0.929. The summed E-state index contributed by atoms with van der Waals surface area (Å²) in [7, 11) is 0. The first-order valence-electron chi connectivity index (χ1n) is 7.05.